The summed E-state index contributed by atoms with van der Waals surface area (Å²) < 4.78 is 1.20. The average molecular weight is 265 g/mol. The van der Waals surface area contributed by atoms with E-state index in [1.807, 2.05) is 0 Å². The topological polar surface area (TPSA) is 0 Å². The fraction of sp³-hybridized carbons (Fsp3) is 0.429. The van der Waals surface area contributed by atoms with Gasteiger partial charge in [-0.15, -0.1) is 11.8 Å². The first-order valence-corrected chi connectivity index (χ1v) is 6.16. The van der Waals surface area contributed by atoms with Crippen LogP contribution in [-0.4, -0.2) is 0 Å². The van der Waals surface area contributed by atoms with Crippen LogP contribution in [0.3, 0.4) is 0 Å². The normalized spacial score (nSPS) is 11.7. The van der Waals surface area contributed by atoms with Crippen molar-refractivity contribution in [3.05, 3.63) is 33.8 Å². The van der Waals surface area contributed by atoms with E-state index in [1.54, 1.807) is 0 Å². The summed E-state index contributed by atoms with van der Waals surface area (Å²) in [7, 11) is 0. The Kier molecular flexibility index (Phi) is 4.91. The Hall–Kier alpha value is -0.740. The van der Waals surface area contributed by atoms with Gasteiger partial charge >= 0.3 is 0 Å². The molecule has 0 N–H and O–H groups in total. The Labute approximate surface area is 101 Å². The molecule has 1 atom stereocenters. The zero-order chi connectivity index (χ0) is 11.3. The van der Waals surface area contributed by atoms with Crippen LogP contribution in [0, 0.1) is 18.8 Å². The molecule has 0 aliphatic carbocycles. The maximum atomic E-state index is 3.61. The fourth-order valence-corrected chi connectivity index (χ4v) is 2.38. The molecule has 0 saturated heterocycles. The van der Waals surface area contributed by atoms with Crippen LogP contribution in [0.1, 0.15) is 43.7 Å². The Morgan fingerprint density at radius 2 is 2.07 bits per heavy atom. The largest absolute Gasteiger partial charge is 0.104 e. The maximum Gasteiger partial charge on any atom is 0.0212 e. The molecule has 1 rings (SSSR count). The number of hydrogen-bond donors (Lipinski definition) is 0. The monoisotopic (exact) mass is 264 g/mol. The third kappa shape index (κ3) is 3.72. The van der Waals surface area contributed by atoms with E-state index in [0.717, 1.165) is 12.8 Å². The van der Waals surface area contributed by atoms with Gasteiger partial charge in [-0.05, 0) is 30.0 Å². The highest BCUT2D eigenvalue weighted by Gasteiger charge is 2.07. The Balaban J connectivity index is 2.77. The van der Waals surface area contributed by atoms with E-state index in [1.165, 1.54) is 15.6 Å². The summed E-state index contributed by atoms with van der Waals surface area (Å²) in [5, 5.41) is 0. The summed E-state index contributed by atoms with van der Waals surface area (Å²) in [5.74, 6) is 6.82. The SMILES string of the molecule is CCC#CCC(C)c1ccc(C)cc1Br. The smallest absolute Gasteiger partial charge is 0.0212 e. The van der Waals surface area contributed by atoms with E-state index >= 15 is 0 Å². The number of hydrogen-bond acceptors (Lipinski definition) is 0. The molecule has 0 aliphatic heterocycles. The molecule has 15 heavy (non-hydrogen) atoms. The van der Waals surface area contributed by atoms with Crippen LogP contribution < -0.4 is 0 Å². The minimum atomic E-state index is 0.499. The molecule has 0 aromatic heterocycles. The summed E-state index contributed by atoms with van der Waals surface area (Å²) in [4.78, 5) is 0. The van der Waals surface area contributed by atoms with Gasteiger partial charge in [-0.2, -0.15) is 0 Å². The van der Waals surface area contributed by atoms with Gasteiger partial charge in [-0.3, -0.25) is 0 Å². The van der Waals surface area contributed by atoms with Crippen LogP contribution in [0.15, 0.2) is 22.7 Å². The molecule has 0 saturated carbocycles. The van der Waals surface area contributed by atoms with Gasteiger partial charge in [0.1, 0.15) is 0 Å². The van der Waals surface area contributed by atoms with E-state index in [0.29, 0.717) is 5.92 Å². The van der Waals surface area contributed by atoms with Crippen molar-refractivity contribution < 1.29 is 0 Å². The van der Waals surface area contributed by atoms with Gasteiger partial charge in [0, 0.05) is 17.3 Å². The van der Waals surface area contributed by atoms with Gasteiger partial charge in [0.2, 0.25) is 0 Å². The van der Waals surface area contributed by atoms with Crippen LogP contribution in [0.5, 0.6) is 0 Å². The van der Waals surface area contributed by atoms with E-state index in [9.17, 15) is 0 Å². The van der Waals surface area contributed by atoms with Crippen molar-refractivity contribution in [3.8, 4) is 11.8 Å². The molecule has 0 amide bonds. The molecular weight excluding hydrogens is 248 g/mol. The van der Waals surface area contributed by atoms with Gasteiger partial charge in [0.05, 0.1) is 0 Å². The lowest BCUT2D eigenvalue weighted by molar-refractivity contribution is 0.790. The highest BCUT2D eigenvalue weighted by Crippen LogP contribution is 2.27. The third-order valence-corrected chi connectivity index (χ3v) is 3.08. The molecule has 0 spiro atoms. The highest BCUT2D eigenvalue weighted by molar-refractivity contribution is 9.10. The Morgan fingerprint density at radius 1 is 1.33 bits per heavy atom. The Bertz CT molecular complexity index is 382. The van der Waals surface area contributed by atoms with Gasteiger partial charge in [0.25, 0.3) is 0 Å². The molecule has 0 nitrogen and oxygen atoms in total. The zero-order valence-corrected chi connectivity index (χ0v) is 11.2. The molecule has 1 aromatic rings. The van der Waals surface area contributed by atoms with E-state index in [-0.39, 0.29) is 0 Å². The lowest BCUT2D eigenvalue weighted by atomic mass is 9.97. The molecule has 1 heteroatoms. The van der Waals surface area contributed by atoms with Crippen molar-refractivity contribution in [1.29, 1.82) is 0 Å². The van der Waals surface area contributed by atoms with Gasteiger partial charge in [-0.1, -0.05) is 41.9 Å². The zero-order valence-electron chi connectivity index (χ0n) is 9.60. The first-order chi connectivity index (χ1) is 7.15. The lowest BCUT2D eigenvalue weighted by Gasteiger charge is -2.11. The molecule has 0 heterocycles. The molecular formula is C14H17Br. The summed E-state index contributed by atoms with van der Waals surface area (Å²) in [5.41, 5.74) is 2.64. The summed E-state index contributed by atoms with van der Waals surface area (Å²) in [6.45, 7) is 6.41. The van der Waals surface area contributed by atoms with Crippen molar-refractivity contribution in [1.82, 2.24) is 0 Å². The second-order valence-electron chi connectivity index (χ2n) is 3.84. The summed E-state index contributed by atoms with van der Waals surface area (Å²) in [6.07, 6.45) is 1.89. The summed E-state index contributed by atoms with van der Waals surface area (Å²) >= 11 is 3.61. The van der Waals surface area contributed by atoms with Crippen molar-refractivity contribution in [3.63, 3.8) is 0 Å². The minimum Gasteiger partial charge on any atom is -0.104 e. The van der Waals surface area contributed by atoms with Gasteiger partial charge < -0.3 is 0 Å². The molecule has 0 fully saturated rings. The van der Waals surface area contributed by atoms with Gasteiger partial charge in [-0.25, -0.2) is 0 Å². The molecule has 0 radical (unpaired) electrons. The summed E-state index contributed by atoms with van der Waals surface area (Å²) in [6, 6.07) is 6.51. The van der Waals surface area contributed by atoms with E-state index in [2.05, 4.69) is 66.7 Å². The van der Waals surface area contributed by atoms with Crippen LogP contribution >= 0.6 is 15.9 Å². The predicted molar refractivity (Wildman–Crippen MR) is 70.0 cm³/mol. The molecule has 80 valence electrons. The van der Waals surface area contributed by atoms with Crippen LogP contribution in [0.25, 0.3) is 0 Å². The standard InChI is InChI=1S/C14H17Br/c1-4-5-6-7-12(3)13-9-8-11(2)10-14(13)15/h8-10,12H,4,7H2,1-3H3. The number of halogens is 1. The first-order valence-electron chi connectivity index (χ1n) is 5.37. The van der Waals surface area contributed by atoms with Crippen LogP contribution in [-0.2, 0) is 0 Å². The van der Waals surface area contributed by atoms with Crippen molar-refractivity contribution in [2.75, 3.05) is 0 Å². The average Bonchev–Trinajstić information content (AvgIpc) is 2.17. The third-order valence-electron chi connectivity index (χ3n) is 2.40. The lowest BCUT2D eigenvalue weighted by Crippen LogP contribution is -1.93. The molecule has 0 aliphatic rings. The predicted octanol–water partition coefficient (Wildman–Crippen LogP) is 4.66. The molecule has 1 unspecified atom stereocenters. The van der Waals surface area contributed by atoms with Gasteiger partial charge in [0.15, 0.2) is 0 Å². The van der Waals surface area contributed by atoms with E-state index in [4.69, 9.17) is 0 Å². The second-order valence-corrected chi connectivity index (χ2v) is 4.69. The molecule has 0 bridgehead atoms. The van der Waals surface area contributed by atoms with E-state index < -0.39 is 0 Å². The fourth-order valence-electron chi connectivity index (χ4n) is 1.49. The number of benzene rings is 1. The quantitative estimate of drug-likeness (QED) is 0.682. The highest BCUT2D eigenvalue weighted by atomic mass is 79.9. The van der Waals surface area contributed by atoms with Crippen LogP contribution in [0.2, 0.25) is 0 Å². The number of aryl methyl sites for hydroxylation is 1. The Morgan fingerprint density at radius 3 is 2.67 bits per heavy atom. The maximum absolute atomic E-state index is 3.61. The van der Waals surface area contributed by atoms with Crippen molar-refractivity contribution in [2.24, 2.45) is 0 Å². The minimum absolute atomic E-state index is 0.499. The second kappa shape index (κ2) is 5.98. The first kappa shape index (κ1) is 12.3. The molecule has 1 aromatic carbocycles. The van der Waals surface area contributed by atoms with Crippen molar-refractivity contribution in [2.45, 2.75) is 39.5 Å². The number of rotatable bonds is 2. The van der Waals surface area contributed by atoms with Crippen LogP contribution in [0.4, 0.5) is 0 Å². The van der Waals surface area contributed by atoms with Crippen molar-refractivity contribution >= 4 is 15.9 Å².